The lowest BCUT2D eigenvalue weighted by Crippen LogP contribution is -2.10. The number of anilines is 1. The van der Waals surface area contributed by atoms with Crippen molar-refractivity contribution in [1.29, 1.82) is 0 Å². The quantitative estimate of drug-likeness (QED) is 0.302. The van der Waals surface area contributed by atoms with Crippen molar-refractivity contribution < 1.29 is 13.6 Å². The fourth-order valence-corrected chi connectivity index (χ4v) is 4.75. The molecule has 0 bridgehead atoms. The van der Waals surface area contributed by atoms with Crippen LogP contribution in [-0.4, -0.2) is 25.8 Å². The van der Waals surface area contributed by atoms with Crippen LogP contribution in [0.15, 0.2) is 85.3 Å². The van der Waals surface area contributed by atoms with Gasteiger partial charge in [-0.05, 0) is 72.1 Å². The molecule has 4 heterocycles. The maximum absolute atomic E-state index is 13.6. The standard InChI is InChI=1S/C27H15F2N5OS/c28-18-5-1-15(2-6-18)24-25(16-3-7-19(29)8-4-16)34-26-21(33-24)12-20(13-31-26)32-27(35)22-11-17-9-10-30-14-23(17)36-22/h1-14H,(H,32,35). The molecule has 0 spiro atoms. The summed E-state index contributed by atoms with van der Waals surface area (Å²) in [6.07, 6.45) is 4.91. The molecule has 2 aromatic carbocycles. The Kier molecular flexibility index (Phi) is 5.38. The topological polar surface area (TPSA) is 80.7 Å². The Morgan fingerprint density at radius 2 is 1.47 bits per heavy atom. The van der Waals surface area contributed by atoms with E-state index in [2.05, 4.69) is 20.3 Å². The zero-order chi connectivity index (χ0) is 24.6. The molecule has 0 aliphatic rings. The highest BCUT2D eigenvalue weighted by molar-refractivity contribution is 7.20. The highest BCUT2D eigenvalue weighted by Gasteiger charge is 2.16. The minimum Gasteiger partial charge on any atom is -0.320 e. The summed E-state index contributed by atoms with van der Waals surface area (Å²) in [5, 5.41) is 3.80. The van der Waals surface area contributed by atoms with E-state index in [0.29, 0.717) is 44.2 Å². The number of carbonyl (C=O) groups excluding carboxylic acids is 1. The van der Waals surface area contributed by atoms with Gasteiger partial charge in [0, 0.05) is 23.5 Å². The Morgan fingerprint density at radius 1 is 0.806 bits per heavy atom. The van der Waals surface area contributed by atoms with Gasteiger partial charge in [-0.3, -0.25) is 9.78 Å². The molecule has 4 aromatic heterocycles. The molecule has 0 radical (unpaired) electrons. The van der Waals surface area contributed by atoms with Crippen LogP contribution in [0.2, 0.25) is 0 Å². The van der Waals surface area contributed by atoms with Crippen LogP contribution < -0.4 is 5.32 Å². The minimum absolute atomic E-state index is 0.271. The second kappa shape index (κ2) is 8.86. The molecule has 0 saturated heterocycles. The van der Waals surface area contributed by atoms with Crippen LogP contribution in [0.5, 0.6) is 0 Å². The number of nitrogens with zero attached hydrogens (tertiary/aromatic N) is 4. The Bertz CT molecular complexity index is 1720. The van der Waals surface area contributed by atoms with Gasteiger partial charge in [0.15, 0.2) is 5.65 Å². The Hall–Kier alpha value is -4.63. The predicted molar refractivity (Wildman–Crippen MR) is 136 cm³/mol. The van der Waals surface area contributed by atoms with Crippen molar-refractivity contribution in [2.45, 2.75) is 0 Å². The molecule has 1 amide bonds. The van der Waals surface area contributed by atoms with Gasteiger partial charge in [-0.25, -0.2) is 23.7 Å². The summed E-state index contributed by atoms with van der Waals surface area (Å²) < 4.78 is 28.0. The monoisotopic (exact) mass is 495 g/mol. The maximum Gasteiger partial charge on any atom is 0.265 e. The molecule has 0 fully saturated rings. The van der Waals surface area contributed by atoms with E-state index in [4.69, 9.17) is 4.98 Å². The van der Waals surface area contributed by atoms with Crippen LogP contribution >= 0.6 is 11.3 Å². The highest BCUT2D eigenvalue weighted by atomic mass is 32.1. The minimum atomic E-state index is -0.375. The van der Waals surface area contributed by atoms with Crippen molar-refractivity contribution in [2.75, 3.05) is 5.32 Å². The number of hydrogen-bond acceptors (Lipinski definition) is 6. The van der Waals surface area contributed by atoms with Gasteiger partial charge >= 0.3 is 0 Å². The summed E-state index contributed by atoms with van der Waals surface area (Å²) in [4.78, 5) is 31.3. The van der Waals surface area contributed by atoms with Crippen LogP contribution in [-0.2, 0) is 0 Å². The van der Waals surface area contributed by atoms with E-state index in [0.717, 1.165) is 10.1 Å². The SMILES string of the molecule is O=C(Nc1cnc2nc(-c3ccc(F)cc3)c(-c3ccc(F)cc3)nc2c1)c1cc2ccncc2s1. The van der Waals surface area contributed by atoms with E-state index in [1.165, 1.54) is 41.8 Å². The van der Waals surface area contributed by atoms with E-state index in [-0.39, 0.29) is 17.5 Å². The fraction of sp³-hybridized carbons (Fsp3) is 0. The molecule has 0 atom stereocenters. The van der Waals surface area contributed by atoms with Crippen molar-refractivity contribution in [1.82, 2.24) is 19.9 Å². The van der Waals surface area contributed by atoms with Crippen molar-refractivity contribution in [3.8, 4) is 22.5 Å². The largest absolute Gasteiger partial charge is 0.320 e. The number of amides is 1. The summed E-state index contributed by atoms with van der Waals surface area (Å²) in [5.74, 6) is -1.02. The van der Waals surface area contributed by atoms with Gasteiger partial charge in [0.1, 0.15) is 17.2 Å². The highest BCUT2D eigenvalue weighted by Crippen LogP contribution is 2.32. The zero-order valence-electron chi connectivity index (χ0n) is 18.4. The third-order valence-corrected chi connectivity index (χ3v) is 6.65. The van der Waals surface area contributed by atoms with Gasteiger partial charge in [-0.2, -0.15) is 0 Å². The van der Waals surface area contributed by atoms with Gasteiger partial charge in [0.05, 0.1) is 32.8 Å². The van der Waals surface area contributed by atoms with Gasteiger partial charge in [-0.15, -0.1) is 11.3 Å². The first-order valence-electron chi connectivity index (χ1n) is 10.9. The average molecular weight is 496 g/mol. The number of benzene rings is 2. The molecule has 6 aromatic rings. The molecule has 6 nitrogen and oxygen atoms in total. The molecule has 1 N–H and O–H groups in total. The van der Waals surface area contributed by atoms with E-state index in [1.54, 1.807) is 42.7 Å². The summed E-state index contributed by atoms with van der Waals surface area (Å²) in [5.41, 5.74) is 3.50. The fourth-order valence-electron chi connectivity index (χ4n) is 3.82. The lowest BCUT2D eigenvalue weighted by atomic mass is 10.0. The summed E-state index contributed by atoms with van der Waals surface area (Å²) in [6.45, 7) is 0. The van der Waals surface area contributed by atoms with E-state index >= 15 is 0 Å². The van der Waals surface area contributed by atoms with Crippen molar-refractivity contribution >= 4 is 44.2 Å². The smallest absolute Gasteiger partial charge is 0.265 e. The van der Waals surface area contributed by atoms with Gasteiger partial charge in [0.2, 0.25) is 0 Å². The summed E-state index contributed by atoms with van der Waals surface area (Å²) in [7, 11) is 0. The lowest BCUT2D eigenvalue weighted by Gasteiger charge is -2.11. The van der Waals surface area contributed by atoms with Crippen LogP contribution in [0.4, 0.5) is 14.5 Å². The molecule has 0 saturated carbocycles. The lowest BCUT2D eigenvalue weighted by molar-refractivity contribution is 0.103. The summed E-state index contributed by atoms with van der Waals surface area (Å²) in [6, 6.07) is 17.1. The molecule has 174 valence electrons. The number of rotatable bonds is 4. The molecular formula is C27H15F2N5OS. The second-order valence-corrected chi connectivity index (χ2v) is 9.06. The number of nitrogens with one attached hydrogen (secondary N) is 1. The second-order valence-electron chi connectivity index (χ2n) is 7.98. The normalized spacial score (nSPS) is 11.2. The molecule has 0 unspecified atom stereocenters. The van der Waals surface area contributed by atoms with Crippen molar-refractivity contribution in [2.24, 2.45) is 0 Å². The number of aromatic nitrogens is 4. The number of carbonyl (C=O) groups is 1. The van der Waals surface area contributed by atoms with E-state index in [9.17, 15) is 13.6 Å². The maximum atomic E-state index is 13.6. The Labute approximate surface area is 207 Å². The van der Waals surface area contributed by atoms with Crippen LogP contribution in [0.1, 0.15) is 9.67 Å². The Morgan fingerprint density at radius 3 is 2.14 bits per heavy atom. The first-order valence-corrected chi connectivity index (χ1v) is 11.7. The third kappa shape index (κ3) is 4.16. The van der Waals surface area contributed by atoms with Crippen LogP contribution in [0.25, 0.3) is 43.8 Å². The van der Waals surface area contributed by atoms with Crippen molar-refractivity contribution in [3.63, 3.8) is 0 Å². The molecule has 36 heavy (non-hydrogen) atoms. The molecule has 6 rings (SSSR count). The van der Waals surface area contributed by atoms with Crippen LogP contribution in [0, 0.1) is 11.6 Å². The van der Waals surface area contributed by atoms with Crippen molar-refractivity contribution in [3.05, 3.63) is 102 Å². The number of fused-ring (bicyclic) bond motifs is 2. The Balaban J connectivity index is 1.41. The molecule has 0 aliphatic carbocycles. The van der Waals surface area contributed by atoms with Gasteiger partial charge in [0.25, 0.3) is 5.91 Å². The summed E-state index contributed by atoms with van der Waals surface area (Å²) >= 11 is 1.35. The molecular weight excluding hydrogens is 480 g/mol. The van der Waals surface area contributed by atoms with Gasteiger partial charge < -0.3 is 5.32 Å². The average Bonchev–Trinajstić information content (AvgIpc) is 3.34. The number of halogens is 2. The zero-order valence-corrected chi connectivity index (χ0v) is 19.3. The van der Waals surface area contributed by atoms with E-state index in [1.807, 2.05) is 12.1 Å². The number of pyridine rings is 2. The first-order chi connectivity index (χ1) is 17.5. The number of thiophene rings is 1. The third-order valence-electron chi connectivity index (χ3n) is 5.56. The molecule has 9 heteroatoms. The van der Waals surface area contributed by atoms with Gasteiger partial charge in [-0.1, -0.05) is 0 Å². The number of hydrogen-bond donors (Lipinski definition) is 1. The van der Waals surface area contributed by atoms with Crippen LogP contribution in [0.3, 0.4) is 0 Å². The first kappa shape index (κ1) is 21.9. The molecule has 0 aliphatic heterocycles. The van der Waals surface area contributed by atoms with E-state index < -0.39 is 0 Å². The predicted octanol–water partition coefficient (Wildman–Crippen LogP) is 6.50.